The van der Waals surface area contributed by atoms with Gasteiger partial charge in [0.2, 0.25) is 0 Å². The number of imide groups is 1. The molecule has 1 aliphatic heterocycles. The van der Waals surface area contributed by atoms with E-state index in [0.29, 0.717) is 17.1 Å². The number of thioether (sulfide) groups is 1. The molecule has 1 fully saturated rings. The highest BCUT2D eigenvalue weighted by Gasteiger charge is 2.35. The SMILES string of the molecule is O=C1S/C(=C\c2ccc(-c3ccc(F)c(Cl)c3)o2)C(=O)N1Cc1cccc2ccccc12. The Kier molecular flexibility index (Phi) is 5.33. The Bertz CT molecular complexity index is 1410. The lowest BCUT2D eigenvalue weighted by Crippen LogP contribution is -2.27. The number of carbonyl (C=O) groups excluding carboxylic acids is 2. The fraction of sp³-hybridized carbons (Fsp3) is 0.0400. The average Bonchev–Trinajstić information content (AvgIpc) is 3.36. The molecule has 0 saturated carbocycles. The van der Waals surface area contributed by atoms with Crippen LogP contribution in [-0.4, -0.2) is 16.0 Å². The van der Waals surface area contributed by atoms with Gasteiger partial charge < -0.3 is 4.42 Å². The van der Waals surface area contributed by atoms with Gasteiger partial charge in [0.15, 0.2) is 0 Å². The lowest BCUT2D eigenvalue weighted by atomic mass is 10.0. The first-order chi connectivity index (χ1) is 15.5. The summed E-state index contributed by atoms with van der Waals surface area (Å²) in [6.07, 6.45) is 1.54. The van der Waals surface area contributed by atoms with Gasteiger partial charge in [0.05, 0.1) is 16.5 Å². The van der Waals surface area contributed by atoms with Gasteiger partial charge in [0.25, 0.3) is 11.1 Å². The molecule has 4 nitrogen and oxygen atoms in total. The number of hydrogen-bond acceptors (Lipinski definition) is 4. The molecule has 32 heavy (non-hydrogen) atoms. The molecule has 2 amide bonds. The Morgan fingerprint density at radius 3 is 2.66 bits per heavy atom. The average molecular weight is 464 g/mol. The van der Waals surface area contributed by atoms with Crippen LogP contribution in [-0.2, 0) is 11.3 Å². The Morgan fingerprint density at radius 1 is 1.00 bits per heavy atom. The molecule has 7 heteroatoms. The van der Waals surface area contributed by atoms with Gasteiger partial charge in [-0.05, 0) is 58.4 Å². The van der Waals surface area contributed by atoms with Crippen LogP contribution in [0.3, 0.4) is 0 Å². The monoisotopic (exact) mass is 463 g/mol. The maximum atomic E-state index is 13.4. The predicted octanol–water partition coefficient (Wildman–Crippen LogP) is 7.13. The van der Waals surface area contributed by atoms with Gasteiger partial charge in [-0.15, -0.1) is 0 Å². The molecule has 1 aromatic heterocycles. The molecule has 5 rings (SSSR count). The molecular formula is C25H15ClFNO3S. The smallest absolute Gasteiger partial charge is 0.293 e. The number of benzene rings is 3. The number of fused-ring (bicyclic) bond motifs is 1. The molecule has 0 atom stereocenters. The van der Waals surface area contributed by atoms with Crippen molar-refractivity contribution in [3.63, 3.8) is 0 Å². The minimum atomic E-state index is -0.512. The van der Waals surface area contributed by atoms with Crippen LogP contribution in [0.4, 0.5) is 9.18 Å². The Hall–Kier alpha value is -3.35. The van der Waals surface area contributed by atoms with E-state index in [1.165, 1.54) is 17.0 Å². The summed E-state index contributed by atoms with van der Waals surface area (Å²) in [5.41, 5.74) is 1.51. The standard InChI is InChI=1S/C25H15ClFNO3S/c26-20-12-16(8-10-21(20)27)22-11-9-18(31-22)13-23-24(29)28(25(30)32-23)14-17-6-3-5-15-4-1-2-7-19(15)17/h1-13H,14H2/b23-13-. The number of halogens is 2. The van der Waals surface area contributed by atoms with E-state index in [1.807, 2.05) is 42.5 Å². The van der Waals surface area contributed by atoms with Crippen LogP contribution in [0.1, 0.15) is 11.3 Å². The van der Waals surface area contributed by atoms with Crippen molar-refractivity contribution in [2.24, 2.45) is 0 Å². The summed E-state index contributed by atoms with van der Waals surface area (Å²) in [5.74, 6) is 0.0158. The third kappa shape index (κ3) is 3.83. The molecule has 0 N–H and O–H groups in total. The Labute approximate surface area is 192 Å². The third-order valence-corrected chi connectivity index (χ3v) is 6.38. The normalized spacial score (nSPS) is 15.3. The highest BCUT2D eigenvalue weighted by atomic mass is 35.5. The van der Waals surface area contributed by atoms with Crippen molar-refractivity contribution < 1.29 is 18.4 Å². The minimum absolute atomic E-state index is 0.00462. The lowest BCUT2D eigenvalue weighted by Gasteiger charge is -2.14. The second-order valence-corrected chi connectivity index (χ2v) is 8.64. The molecule has 158 valence electrons. The van der Waals surface area contributed by atoms with Gasteiger partial charge >= 0.3 is 0 Å². The molecule has 3 aromatic carbocycles. The van der Waals surface area contributed by atoms with Gasteiger partial charge in [-0.2, -0.15) is 0 Å². The molecule has 2 heterocycles. The maximum absolute atomic E-state index is 13.4. The van der Waals surface area contributed by atoms with Crippen LogP contribution in [0.2, 0.25) is 5.02 Å². The second kappa shape index (κ2) is 8.30. The number of rotatable bonds is 4. The first-order valence-corrected chi connectivity index (χ1v) is 11.0. The molecule has 0 aliphatic carbocycles. The van der Waals surface area contributed by atoms with Crippen molar-refractivity contribution in [1.82, 2.24) is 4.90 Å². The van der Waals surface area contributed by atoms with Crippen molar-refractivity contribution in [3.05, 3.63) is 99.9 Å². The molecule has 1 aliphatic rings. The summed E-state index contributed by atoms with van der Waals surface area (Å²) in [6.45, 7) is 0.195. The van der Waals surface area contributed by atoms with E-state index in [1.54, 1.807) is 24.3 Å². The largest absolute Gasteiger partial charge is 0.457 e. The quantitative estimate of drug-likeness (QED) is 0.302. The van der Waals surface area contributed by atoms with Gasteiger partial charge in [-0.25, -0.2) is 4.39 Å². The van der Waals surface area contributed by atoms with Crippen LogP contribution in [0.25, 0.3) is 28.2 Å². The molecule has 0 bridgehead atoms. The third-order valence-electron chi connectivity index (χ3n) is 5.19. The number of hydrogen-bond donors (Lipinski definition) is 0. The molecule has 0 unspecified atom stereocenters. The number of amides is 2. The highest BCUT2D eigenvalue weighted by Crippen LogP contribution is 2.35. The van der Waals surface area contributed by atoms with E-state index < -0.39 is 5.82 Å². The van der Waals surface area contributed by atoms with Crippen molar-refractivity contribution in [1.29, 1.82) is 0 Å². The molecular weight excluding hydrogens is 449 g/mol. The lowest BCUT2D eigenvalue weighted by molar-refractivity contribution is -0.123. The van der Waals surface area contributed by atoms with Crippen LogP contribution >= 0.6 is 23.4 Å². The van der Waals surface area contributed by atoms with E-state index in [4.69, 9.17) is 16.0 Å². The second-order valence-electron chi connectivity index (χ2n) is 7.24. The summed E-state index contributed by atoms with van der Waals surface area (Å²) < 4.78 is 19.2. The van der Waals surface area contributed by atoms with E-state index >= 15 is 0 Å². The zero-order valence-corrected chi connectivity index (χ0v) is 18.1. The maximum Gasteiger partial charge on any atom is 0.293 e. The fourth-order valence-corrected chi connectivity index (χ4v) is 4.60. The molecule has 4 aromatic rings. The van der Waals surface area contributed by atoms with Gasteiger partial charge in [-0.3, -0.25) is 14.5 Å². The van der Waals surface area contributed by atoms with Crippen LogP contribution < -0.4 is 0 Å². The highest BCUT2D eigenvalue weighted by molar-refractivity contribution is 8.18. The zero-order chi connectivity index (χ0) is 22.2. The molecule has 0 radical (unpaired) electrons. The van der Waals surface area contributed by atoms with Crippen molar-refractivity contribution in [2.45, 2.75) is 6.54 Å². The Balaban J connectivity index is 1.39. The van der Waals surface area contributed by atoms with Gasteiger partial charge in [0.1, 0.15) is 17.3 Å². The summed E-state index contributed by atoms with van der Waals surface area (Å²) in [5, 5.41) is 1.73. The summed E-state index contributed by atoms with van der Waals surface area (Å²) in [6, 6.07) is 21.4. The van der Waals surface area contributed by atoms with E-state index in [0.717, 1.165) is 28.1 Å². The molecule has 0 spiro atoms. The number of furan rings is 1. The summed E-state index contributed by atoms with van der Waals surface area (Å²) >= 11 is 6.72. The van der Waals surface area contributed by atoms with Crippen LogP contribution in [0, 0.1) is 5.82 Å². The first kappa shape index (κ1) is 20.5. The first-order valence-electron chi connectivity index (χ1n) is 9.77. The van der Waals surface area contributed by atoms with Crippen molar-refractivity contribution >= 4 is 51.4 Å². The predicted molar refractivity (Wildman–Crippen MR) is 125 cm³/mol. The minimum Gasteiger partial charge on any atom is -0.457 e. The zero-order valence-electron chi connectivity index (χ0n) is 16.5. The van der Waals surface area contributed by atoms with Crippen molar-refractivity contribution in [2.75, 3.05) is 0 Å². The summed E-state index contributed by atoms with van der Waals surface area (Å²) in [4.78, 5) is 27.0. The van der Waals surface area contributed by atoms with Crippen molar-refractivity contribution in [3.8, 4) is 11.3 Å². The van der Waals surface area contributed by atoms with Crippen LogP contribution in [0.15, 0.2) is 82.1 Å². The summed E-state index contributed by atoms with van der Waals surface area (Å²) in [7, 11) is 0. The van der Waals surface area contributed by atoms with E-state index in [2.05, 4.69) is 0 Å². The van der Waals surface area contributed by atoms with Gasteiger partial charge in [0, 0.05) is 11.6 Å². The van der Waals surface area contributed by atoms with Crippen LogP contribution in [0.5, 0.6) is 0 Å². The Morgan fingerprint density at radius 2 is 1.81 bits per heavy atom. The molecule has 1 saturated heterocycles. The van der Waals surface area contributed by atoms with Gasteiger partial charge in [-0.1, -0.05) is 54.1 Å². The fourth-order valence-electron chi connectivity index (χ4n) is 3.60. The van der Waals surface area contributed by atoms with E-state index in [9.17, 15) is 14.0 Å². The number of carbonyl (C=O) groups is 2. The number of nitrogens with zero attached hydrogens (tertiary/aromatic N) is 1. The van der Waals surface area contributed by atoms with E-state index in [-0.39, 0.29) is 27.6 Å². The topological polar surface area (TPSA) is 50.5 Å².